The highest BCUT2D eigenvalue weighted by molar-refractivity contribution is 14.1. The van der Waals surface area contributed by atoms with Gasteiger partial charge in [0.05, 0.1) is 18.4 Å². The molecule has 0 radical (unpaired) electrons. The van der Waals surface area contributed by atoms with Crippen LogP contribution in [-0.4, -0.2) is 19.6 Å². The van der Waals surface area contributed by atoms with Crippen molar-refractivity contribution < 1.29 is 14.8 Å². The fourth-order valence-electron chi connectivity index (χ4n) is 2.22. The van der Waals surface area contributed by atoms with Gasteiger partial charge in [-0.05, 0) is 53.8 Å². The van der Waals surface area contributed by atoms with Crippen molar-refractivity contribution in [1.29, 1.82) is 0 Å². The summed E-state index contributed by atoms with van der Waals surface area (Å²) >= 11 is 2.21. The predicted molar refractivity (Wildman–Crippen MR) is 96.0 cm³/mol. The van der Waals surface area contributed by atoms with E-state index < -0.39 is 0 Å². The van der Waals surface area contributed by atoms with Gasteiger partial charge in [-0.1, -0.05) is 24.3 Å². The Labute approximate surface area is 144 Å². The fourth-order valence-corrected chi connectivity index (χ4v) is 2.74. The highest BCUT2D eigenvalue weighted by Crippen LogP contribution is 2.21. The Balaban J connectivity index is 1.92. The van der Waals surface area contributed by atoms with Crippen molar-refractivity contribution in [1.82, 2.24) is 0 Å². The third kappa shape index (κ3) is 4.45. The van der Waals surface area contributed by atoms with Gasteiger partial charge in [0.2, 0.25) is 0 Å². The number of ether oxygens (including phenoxy) is 1. The smallest absolute Gasteiger partial charge is 0.279 e. The maximum Gasteiger partial charge on any atom is 0.279 e. The Morgan fingerprint density at radius 1 is 1.23 bits per heavy atom. The van der Waals surface area contributed by atoms with E-state index in [-0.39, 0.29) is 11.9 Å². The summed E-state index contributed by atoms with van der Waals surface area (Å²) in [7, 11) is 1.66. The van der Waals surface area contributed by atoms with Crippen molar-refractivity contribution in [2.75, 3.05) is 19.0 Å². The minimum atomic E-state index is -0.00846. The van der Waals surface area contributed by atoms with Gasteiger partial charge in [0.25, 0.3) is 5.91 Å². The number of carbonyl (C=O) groups is 1. The summed E-state index contributed by atoms with van der Waals surface area (Å²) in [5.41, 5.74) is 1.94. The molecule has 0 spiro atoms. The molecule has 1 amide bonds. The minimum absolute atomic E-state index is 0.00846. The van der Waals surface area contributed by atoms with Crippen molar-refractivity contribution in [3.05, 3.63) is 57.7 Å². The number of nitrogens with one attached hydrogen (secondary N) is 1. The molecule has 0 aliphatic carbocycles. The van der Waals surface area contributed by atoms with Crippen LogP contribution in [0.5, 0.6) is 5.75 Å². The van der Waals surface area contributed by atoms with E-state index in [1.54, 1.807) is 7.11 Å². The van der Waals surface area contributed by atoms with Crippen LogP contribution in [0.4, 0.5) is 5.69 Å². The first-order chi connectivity index (χ1) is 10.6. The summed E-state index contributed by atoms with van der Waals surface area (Å²) in [6.45, 7) is 2.43. The van der Waals surface area contributed by atoms with Crippen molar-refractivity contribution in [3.63, 3.8) is 0 Å². The largest absolute Gasteiger partial charge is 0.496 e. The molecule has 116 valence electrons. The number of amides is 1. The molecule has 22 heavy (non-hydrogen) atoms. The fraction of sp³-hybridized carbons (Fsp3) is 0.235. The van der Waals surface area contributed by atoms with Gasteiger partial charge in [-0.2, -0.15) is 0 Å². The summed E-state index contributed by atoms with van der Waals surface area (Å²) < 4.78 is 6.40. The lowest BCUT2D eigenvalue weighted by atomic mass is 10.1. The number of hydrogen-bond acceptors (Lipinski definition) is 2. The van der Waals surface area contributed by atoms with Crippen molar-refractivity contribution in [2.45, 2.75) is 13.0 Å². The summed E-state index contributed by atoms with van der Waals surface area (Å²) in [5.74, 6) is 0.843. The number of nitrogens with two attached hydrogens (primary N) is 1. The zero-order valence-electron chi connectivity index (χ0n) is 12.7. The molecule has 0 saturated heterocycles. The van der Waals surface area contributed by atoms with E-state index in [1.165, 1.54) is 0 Å². The Bertz CT molecular complexity index is 646. The molecule has 0 bridgehead atoms. The van der Waals surface area contributed by atoms with E-state index in [0.29, 0.717) is 6.54 Å². The summed E-state index contributed by atoms with van der Waals surface area (Å²) in [6.07, 6.45) is 0. The van der Waals surface area contributed by atoms with Gasteiger partial charge < -0.3 is 15.4 Å². The van der Waals surface area contributed by atoms with Crippen LogP contribution in [0.2, 0.25) is 0 Å². The molecule has 0 heterocycles. The van der Waals surface area contributed by atoms with Gasteiger partial charge in [0.15, 0.2) is 6.54 Å². The van der Waals surface area contributed by atoms with Crippen LogP contribution in [0, 0.1) is 3.57 Å². The number of carbonyl (C=O) groups excluding carboxylic acids is 1. The molecule has 3 N–H and O–H groups in total. The van der Waals surface area contributed by atoms with Crippen LogP contribution in [0.1, 0.15) is 18.5 Å². The molecule has 5 heteroatoms. The Hall–Kier alpha value is -1.60. The lowest BCUT2D eigenvalue weighted by Gasteiger charge is -2.14. The third-order valence-electron chi connectivity index (χ3n) is 3.43. The van der Waals surface area contributed by atoms with Crippen molar-refractivity contribution in [3.8, 4) is 5.75 Å². The van der Waals surface area contributed by atoms with Crippen LogP contribution in [-0.2, 0) is 4.79 Å². The molecule has 2 rings (SSSR count). The number of methoxy groups -OCH3 is 1. The Morgan fingerprint density at radius 3 is 2.64 bits per heavy atom. The lowest BCUT2D eigenvalue weighted by molar-refractivity contribution is -0.682. The number of hydrogen-bond donors (Lipinski definition) is 2. The molecular weight excluding hydrogens is 391 g/mol. The van der Waals surface area contributed by atoms with Gasteiger partial charge in [-0.25, -0.2) is 0 Å². The quantitative estimate of drug-likeness (QED) is 0.719. The molecule has 2 aromatic rings. The molecule has 0 aliphatic heterocycles. The number of benzene rings is 2. The Morgan fingerprint density at radius 2 is 1.91 bits per heavy atom. The van der Waals surface area contributed by atoms with Crippen LogP contribution in [0.15, 0.2) is 48.5 Å². The second-order valence-corrected chi connectivity index (χ2v) is 6.16. The zero-order chi connectivity index (χ0) is 15.9. The number of halogens is 1. The highest BCUT2D eigenvalue weighted by atomic mass is 127. The predicted octanol–water partition coefficient (Wildman–Crippen LogP) is 2.56. The van der Waals surface area contributed by atoms with E-state index >= 15 is 0 Å². The molecule has 2 aromatic carbocycles. The van der Waals surface area contributed by atoms with Gasteiger partial charge >= 0.3 is 0 Å². The van der Waals surface area contributed by atoms with Crippen molar-refractivity contribution >= 4 is 34.2 Å². The zero-order valence-corrected chi connectivity index (χ0v) is 14.8. The average Bonchev–Trinajstić information content (AvgIpc) is 2.54. The molecule has 0 unspecified atom stereocenters. The van der Waals surface area contributed by atoms with Gasteiger partial charge in [-0.3, -0.25) is 4.79 Å². The second-order valence-electron chi connectivity index (χ2n) is 5.00. The standard InChI is InChI=1S/C17H19IN2O2/c1-12(13-7-3-6-10-16(13)22-2)19-11-17(21)20-15-9-5-4-8-14(15)18/h3-10,12,19H,11H2,1-2H3,(H,20,21)/p+1/t12-/m0/s1. The first-order valence-electron chi connectivity index (χ1n) is 7.12. The first-order valence-corrected chi connectivity index (χ1v) is 8.20. The van der Waals surface area contributed by atoms with Gasteiger partial charge in [0.1, 0.15) is 11.8 Å². The molecule has 1 atom stereocenters. The van der Waals surface area contributed by atoms with E-state index in [2.05, 4.69) is 34.8 Å². The maximum atomic E-state index is 12.1. The normalized spacial score (nSPS) is 11.8. The number of rotatable bonds is 6. The van der Waals surface area contributed by atoms with Gasteiger partial charge in [-0.15, -0.1) is 0 Å². The number of para-hydroxylation sites is 2. The van der Waals surface area contributed by atoms with Crippen molar-refractivity contribution in [2.24, 2.45) is 0 Å². The van der Waals surface area contributed by atoms with Crippen LogP contribution in [0.3, 0.4) is 0 Å². The lowest BCUT2D eigenvalue weighted by Crippen LogP contribution is -2.86. The minimum Gasteiger partial charge on any atom is -0.496 e. The molecule has 4 nitrogen and oxygen atoms in total. The van der Waals surface area contributed by atoms with E-state index in [4.69, 9.17) is 4.74 Å². The first kappa shape index (κ1) is 16.8. The maximum absolute atomic E-state index is 12.1. The highest BCUT2D eigenvalue weighted by Gasteiger charge is 2.15. The Kier molecular flexibility index (Phi) is 6.21. The van der Waals surface area contributed by atoms with Crippen LogP contribution in [0.25, 0.3) is 0 Å². The topological polar surface area (TPSA) is 54.9 Å². The number of anilines is 1. The second kappa shape index (κ2) is 8.14. The van der Waals surface area contributed by atoms with E-state index in [1.807, 2.05) is 53.8 Å². The van der Waals surface area contributed by atoms with Crippen LogP contribution >= 0.6 is 22.6 Å². The molecule has 0 fully saturated rings. The number of quaternary nitrogens is 1. The summed E-state index contributed by atoms with van der Waals surface area (Å²) in [4.78, 5) is 12.1. The molecule has 0 aromatic heterocycles. The van der Waals surface area contributed by atoms with Crippen LogP contribution < -0.4 is 15.4 Å². The average molecular weight is 411 g/mol. The van der Waals surface area contributed by atoms with E-state index in [9.17, 15) is 4.79 Å². The van der Waals surface area contributed by atoms with Gasteiger partial charge in [0, 0.05) is 3.57 Å². The summed E-state index contributed by atoms with van der Waals surface area (Å²) in [5, 5.41) is 4.94. The molecule has 0 saturated carbocycles. The third-order valence-corrected chi connectivity index (χ3v) is 4.37. The SMILES string of the molecule is COc1ccccc1[C@H](C)[NH2+]CC(=O)Nc1ccccc1I. The van der Waals surface area contributed by atoms with E-state index in [0.717, 1.165) is 20.6 Å². The molecular formula is C17H20IN2O2+. The molecule has 0 aliphatic rings. The monoisotopic (exact) mass is 411 g/mol. The summed E-state index contributed by atoms with van der Waals surface area (Å²) in [6, 6.07) is 15.8.